The summed E-state index contributed by atoms with van der Waals surface area (Å²) in [4.78, 5) is 17.3. The Balaban J connectivity index is 1.24. The Kier molecular flexibility index (Phi) is 6.10. The summed E-state index contributed by atoms with van der Waals surface area (Å²) in [7, 11) is 1.84. The van der Waals surface area contributed by atoms with E-state index in [4.69, 9.17) is 11.6 Å². The molecule has 1 unspecified atom stereocenters. The summed E-state index contributed by atoms with van der Waals surface area (Å²) in [6.45, 7) is 3.22. The highest BCUT2D eigenvalue weighted by Crippen LogP contribution is 2.32. The molecule has 3 aromatic rings. The number of hydrogen-bond acceptors (Lipinski definition) is 5. The zero-order valence-electron chi connectivity index (χ0n) is 18.7. The number of fused-ring (bicyclic) bond motifs is 2. The molecule has 1 atom stereocenters. The number of aliphatic hydroxyl groups is 1. The molecule has 0 radical (unpaired) electrons. The molecular formula is C25H28ClN5O2. The second kappa shape index (κ2) is 9.17. The van der Waals surface area contributed by atoms with E-state index in [2.05, 4.69) is 39.6 Å². The molecule has 2 aliphatic rings. The summed E-state index contributed by atoms with van der Waals surface area (Å²) in [5.74, 6) is -0.0646. The van der Waals surface area contributed by atoms with Crippen LogP contribution in [0.25, 0.3) is 0 Å². The topological polar surface area (TPSA) is 73.6 Å². The van der Waals surface area contributed by atoms with Crippen molar-refractivity contribution in [3.8, 4) is 0 Å². The minimum absolute atomic E-state index is 0.0646. The number of nitrogens with zero attached hydrogens (tertiary/aromatic N) is 4. The number of hydrogen-bond donors (Lipinski definition) is 2. The van der Waals surface area contributed by atoms with Crippen molar-refractivity contribution in [1.82, 2.24) is 19.6 Å². The van der Waals surface area contributed by atoms with Gasteiger partial charge < -0.3 is 15.3 Å². The molecule has 2 aliphatic heterocycles. The summed E-state index contributed by atoms with van der Waals surface area (Å²) >= 11 is 6.47. The quantitative estimate of drug-likeness (QED) is 0.584. The molecule has 0 bridgehead atoms. The molecule has 0 spiro atoms. The van der Waals surface area contributed by atoms with Crippen LogP contribution < -0.4 is 5.32 Å². The van der Waals surface area contributed by atoms with E-state index in [1.54, 1.807) is 15.8 Å². The van der Waals surface area contributed by atoms with Crippen LogP contribution in [0, 0.1) is 0 Å². The summed E-state index contributed by atoms with van der Waals surface area (Å²) in [5.41, 5.74) is 5.77. The van der Waals surface area contributed by atoms with Gasteiger partial charge in [-0.3, -0.25) is 14.4 Å². The molecule has 1 aromatic heterocycles. The maximum atomic E-state index is 13.2. The number of anilines is 2. The summed E-state index contributed by atoms with van der Waals surface area (Å²) in [5, 5.41) is 18.8. The second-order valence-corrected chi connectivity index (χ2v) is 9.33. The number of nitrogens with one attached hydrogen (secondary N) is 1. The van der Waals surface area contributed by atoms with Gasteiger partial charge in [-0.15, -0.1) is 0 Å². The third-order valence-corrected chi connectivity index (χ3v) is 6.77. The first-order valence-corrected chi connectivity index (χ1v) is 11.7. The van der Waals surface area contributed by atoms with Crippen molar-refractivity contribution < 1.29 is 9.90 Å². The van der Waals surface area contributed by atoms with Crippen molar-refractivity contribution in [2.75, 3.05) is 31.5 Å². The monoisotopic (exact) mass is 465 g/mol. The lowest BCUT2D eigenvalue weighted by Crippen LogP contribution is -2.46. The number of amides is 1. The smallest absolute Gasteiger partial charge is 0.254 e. The van der Waals surface area contributed by atoms with Crippen LogP contribution in [0.5, 0.6) is 0 Å². The van der Waals surface area contributed by atoms with Crippen molar-refractivity contribution in [2.45, 2.75) is 25.5 Å². The summed E-state index contributed by atoms with van der Waals surface area (Å²) in [6.07, 6.45) is 4.67. The standard InChI is InChI=1S/C25H28ClN5O2/c1-29-14-20(12-27-29)28-24-11-22-18(10-23(24)26)7-9-31(25(22)33)16-21(32)15-30-8-6-17-4-2-3-5-19(17)13-30/h2-5,10-12,14,21,28,32H,6-9,13,15-16H2,1H3. The first-order chi connectivity index (χ1) is 16.0. The van der Waals surface area contributed by atoms with E-state index < -0.39 is 6.10 Å². The Hall–Kier alpha value is -2.87. The molecule has 0 fully saturated rings. The van der Waals surface area contributed by atoms with Gasteiger partial charge in [-0.05, 0) is 41.7 Å². The van der Waals surface area contributed by atoms with E-state index in [1.807, 2.05) is 25.4 Å². The average molecular weight is 466 g/mol. The molecule has 172 valence electrons. The van der Waals surface area contributed by atoms with E-state index >= 15 is 0 Å². The Bertz CT molecular complexity index is 1180. The normalized spacial score (nSPS) is 16.9. The largest absolute Gasteiger partial charge is 0.390 e. The minimum Gasteiger partial charge on any atom is -0.390 e. The molecule has 33 heavy (non-hydrogen) atoms. The summed E-state index contributed by atoms with van der Waals surface area (Å²) in [6, 6.07) is 12.2. The van der Waals surface area contributed by atoms with Gasteiger partial charge in [-0.2, -0.15) is 5.10 Å². The predicted molar refractivity (Wildman–Crippen MR) is 129 cm³/mol. The van der Waals surface area contributed by atoms with E-state index in [0.717, 1.165) is 37.2 Å². The van der Waals surface area contributed by atoms with Crippen LogP contribution >= 0.6 is 11.6 Å². The van der Waals surface area contributed by atoms with Gasteiger partial charge in [0.1, 0.15) is 0 Å². The molecule has 8 heteroatoms. The van der Waals surface area contributed by atoms with E-state index in [1.165, 1.54) is 11.1 Å². The van der Waals surface area contributed by atoms with Crippen molar-refractivity contribution in [3.05, 3.63) is 76.1 Å². The Morgan fingerprint density at radius 2 is 1.91 bits per heavy atom. The third kappa shape index (κ3) is 4.76. The van der Waals surface area contributed by atoms with E-state index in [0.29, 0.717) is 35.9 Å². The number of β-amino-alcohol motifs (C(OH)–C–C–N with tert-alkyl or cyclic N) is 1. The number of benzene rings is 2. The Morgan fingerprint density at radius 3 is 2.70 bits per heavy atom. The van der Waals surface area contributed by atoms with Gasteiger partial charge in [0.05, 0.1) is 28.7 Å². The van der Waals surface area contributed by atoms with Gasteiger partial charge in [0.25, 0.3) is 5.91 Å². The van der Waals surface area contributed by atoms with Gasteiger partial charge in [0, 0.05) is 51.5 Å². The molecule has 0 aliphatic carbocycles. The fourth-order valence-electron chi connectivity index (χ4n) is 4.78. The lowest BCUT2D eigenvalue weighted by Gasteiger charge is -2.34. The van der Waals surface area contributed by atoms with Gasteiger partial charge in [-0.25, -0.2) is 0 Å². The molecular weight excluding hydrogens is 438 g/mol. The van der Waals surface area contributed by atoms with Crippen LogP contribution in [-0.4, -0.2) is 62.9 Å². The molecule has 0 saturated heterocycles. The van der Waals surface area contributed by atoms with Crippen LogP contribution in [0.3, 0.4) is 0 Å². The summed E-state index contributed by atoms with van der Waals surface area (Å²) < 4.78 is 1.70. The highest BCUT2D eigenvalue weighted by Gasteiger charge is 2.28. The fourth-order valence-corrected chi connectivity index (χ4v) is 5.01. The number of carbonyl (C=O) groups is 1. The van der Waals surface area contributed by atoms with Crippen molar-refractivity contribution in [3.63, 3.8) is 0 Å². The van der Waals surface area contributed by atoms with Crippen LogP contribution in [-0.2, 0) is 26.4 Å². The van der Waals surface area contributed by atoms with Crippen molar-refractivity contribution >= 4 is 28.9 Å². The fraction of sp³-hybridized carbons (Fsp3) is 0.360. The maximum absolute atomic E-state index is 13.2. The number of aromatic nitrogens is 2. The van der Waals surface area contributed by atoms with Crippen LogP contribution in [0.2, 0.25) is 5.02 Å². The lowest BCUT2D eigenvalue weighted by atomic mass is 9.97. The SMILES string of the molecule is Cn1cc(Nc2cc3c(cc2Cl)CCN(CC(O)CN2CCc4ccccc4C2)C3=O)cn1. The second-order valence-electron chi connectivity index (χ2n) is 8.93. The average Bonchev–Trinajstić information content (AvgIpc) is 3.21. The molecule has 0 saturated carbocycles. The Labute approximate surface area is 198 Å². The van der Waals surface area contributed by atoms with E-state index in [-0.39, 0.29) is 5.91 Å². The number of rotatable bonds is 6. The molecule has 5 rings (SSSR count). The minimum atomic E-state index is -0.596. The van der Waals surface area contributed by atoms with Crippen LogP contribution in [0.1, 0.15) is 27.0 Å². The lowest BCUT2D eigenvalue weighted by molar-refractivity contribution is 0.0493. The van der Waals surface area contributed by atoms with Gasteiger partial charge in [0.2, 0.25) is 0 Å². The number of aryl methyl sites for hydroxylation is 1. The van der Waals surface area contributed by atoms with Crippen LogP contribution in [0.4, 0.5) is 11.4 Å². The zero-order valence-corrected chi connectivity index (χ0v) is 19.4. The third-order valence-electron chi connectivity index (χ3n) is 6.46. The van der Waals surface area contributed by atoms with Gasteiger partial charge in [-0.1, -0.05) is 35.9 Å². The molecule has 7 nitrogen and oxygen atoms in total. The number of carbonyl (C=O) groups excluding carboxylic acids is 1. The number of halogens is 1. The zero-order chi connectivity index (χ0) is 22.9. The van der Waals surface area contributed by atoms with E-state index in [9.17, 15) is 9.90 Å². The predicted octanol–water partition coefficient (Wildman–Crippen LogP) is 3.23. The van der Waals surface area contributed by atoms with Gasteiger partial charge in [0.15, 0.2) is 0 Å². The number of aliphatic hydroxyl groups excluding tert-OH is 1. The molecule has 2 N–H and O–H groups in total. The molecule has 2 aromatic carbocycles. The highest BCUT2D eigenvalue weighted by molar-refractivity contribution is 6.33. The Morgan fingerprint density at radius 1 is 1.12 bits per heavy atom. The van der Waals surface area contributed by atoms with Crippen molar-refractivity contribution in [1.29, 1.82) is 0 Å². The maximum Gasteiger partial charge on any atom is 0.254 e. The first kappa shape index (κ1) is 21.9. The first-order valence-electron chi connectivity index (χ1n) is 11.3. The molecule has 1 amide bonds. The van der Waals surface area contributed by atoms with Gasteiger partial charge >= 0.3 is 0 Å². The highest BCUT2D eigenvalue weighted by atomic mass is 35.5. The molecule has 3 heterocycles. The van der Waals surface area contributed by atoms with Crippen molar-refractivity contribution in [2.24, 2.45) is 7.05 Å². The van der Waals surface area contributed by atoms with Crippen LogP contribution in [0.15, 0.2) is 48.8 Å².